The Morgan fingerprint density at radius 3 is 1.73 bits per heavy atom. The molecule has 20 heteroatoms. The fourth-order valence-electron chi connectivity index (χ4n) is 5.22. The molecule has 1 aliphatic rings. The minimum Gasteiger partial charge on any atom is -0.465 e. The largest absolute Gasteiger partial charge is 0.465 e. The molecule has 0 aromatic carbocycles. The van der Waals surface area contributed by atoms with Crippen molar-refractivity contribution in [2.24, 2.45) is 5.73 Å². The Labute approximate surface area is 305 Å². The Kier molecular flexibility index (Phi) is 25.3. The predicted molar refractivity (Wildman–Crippen MR) is 182 cm³/mol. The van der Waals surface area contributed by atoms with Crippen LogP contribution in [-0.2, 0) is 67.3 Å². The van der Waals surface area contributed by atoms with Crippen LogP contribution in [0.25, 0.3) is 0 Å². The molecule has 0 bridgehead atoms. The lowest BCUT2D eigenvalue weighted by Crippen LogP contribution is -2.57. The molecule has 1 rings (SSSR count). The molecule has 0 radical (unpaired) electrons. The number of carbonyl (C=O) groups is 6. The molecule has 3 N–H and O–H groups in total. The van der Waals surface area contributed by atoms with Crippen molar-refractivity contribution in [2.45, 2.75) is 25.3 Å². The van der Waals surface area contributed by atoms with Crippen LogP contribution in [0.4, 0.5) is 0 Å². The third-order valence-corrected chi connectivity index (χ3v) is 8.21. The first-order valence-corrected chi connectivity index (χ1v) is 17.2. The van der Waals surface area contributed by atoms with E-state index in [9.17, 15) is 28.8 Å². The van der Waals surface area contributed by atoms with Crippen LogP contribution >= 0.6 is 0 Å². The van der Waals surface area contributed by atoms with Crippen LogP contribution in [0.15, 0.2) is 0 Å². The molecular weight excluding hydrogens is 692 g/mol. The number of esters is 1. The van der Waals surface area contributed by atoms with E-state index < -0.39 is 29.9 Å². The molecule has 1 fully saturated rings. The summed E-state index contributed by atoms with van der Waals surface area (Å²) < 4.78 is 21.3. The van der Waals surface area contributed by atoms with E-state index in [2.05, 4.69) is 15.1 Å². The van der Waals surface area contributed by atoms with E-state index in [1.807, 2.05) is 21.7 Å². The highest BCUT2D eigenvalue weighted by atomic mass is 17.2. The lowest BCUT2D eigenvalue weighted by atomic mass is 10.1. The maximum atomic E-state index is 12.6. The van der Waals surface area contributed by atoms with Gasteiger partial charge in [-0.3, -0.25) is 34.1 Å². The number of aldehydes is 1. The van der Waals surface area contributed by atoms with Gasteiger partial charge in [0.2, 0.25) is 11.8 Å². The van der Waals surface area contributed by atoms with E-state index in [0.29, 0.717) is 78.8 Å². The van der Waals surface area contributed by atoms with Crippen molar-refractivity contribution in [1.82, 2.24) is 20.0 Å². The first-order valence-electron chi connectivity index (χ1n) is 17.2. The molecular formula is C32H59N6O14+. The number of carbonyl (C=O) groups excluding carboxylic acids is 6. The van der Waals surface area contributed by atoms with Crippen LogP contribution in [0.1, 0.15) is 19.3 Å². The highest BCUT2D eigenvalue weighted by Gasteiger charge is 2.31. The quantitative estimate of drug-likeness (QED) is 0.0239. The van der Waals surface area contributed by atoms with Crippen molar-refractivity contribution >= 4 is 36.0 Å². The molecule has 1 heterocycles. The first kappa shape index (κ1) is 46.7. The van der Waals surface area contributed by atoms with Gasteiger partial charge in [-0.2, -0.15) is 9.78 Å². The van der Waals surface area contributed by atoms with E-state index in [0.717, 1.165) is 6.29 Å². The third kappa shape index (κ3) is 22.6. The molecule has 0 aliphatic carbocycles. The van der Waals surface area contributed by atoms with Crippen molar-refractivity contribution < 1.29 is 71.7 Å². The summed E-state index contributed by atoms with van der Waals surface area (Å²) in [6.45, 7) is 5.10. The lowest BCUT2D eigenvalue weighted by molar-refractivity contribution is -0.901. The Hall–Kier alpha value is -3.34. The summed E-state index contributed by atoms with van der Waals surface area (Å²) in [5.41, 5.74) is 5.04. The van der Waals surface area contributed by atoms with Crippen molar-refractivity contribution in [1.29, 1.82) is 0 Å². The standard InChI is InChI=1S/C32H58N6O14/c1-38(25-32(44)45-2)15-13-35(23-30(42)51-46-3)9-11-37(12-10-36(14-16-38)24-31(43)52-47-4)27(26-39)5-6-29(41)34-8-18-49-20-22-50-21-19-48-17-7-28(33)40/h26-27H,5-25H2,1-4H3,(H2-,33,34,40,41)/p+1. The SMILES string of the molecule is COOC(=O)CN1CCN(C(C=O)CCC(=O)NCCOCCOCCOCCC(N)=O)CCN(CC(=O)OOC)CC[N+](C)(CC(=O)OC)CC1. The molecule has 2 amide bonds. The number of likely N-dealkylation sites (N-methyl/N-ethyl adjacent to an activating group) is 1. The minimum atomic E-state index is -0.636. The summed E-state index contributed by atoms with van der Waals surface area (Å²) in [5.74, 6) is -2.27. The lowest BCUT2D eigenvalue weighted by Gasteiger charge is -2.39. The van der Waals surface area contributed by atoms with E-state index >= 15 is 0 Å². The second-order valence-corrected chi connectivity index (χ2v) is 12.3. The highest BCUT2D eigenvalue weighted by Crippen LogP contribution is 2.11. The van der Waals surface area contributed by atoms with E-state index in [4.69, 9.17) is 34.5 Å². The van der Waals surface area contributed by atoms with Gasteiger partial charge in [-0.05, 0) is 6.42 Å². The molecule has 0 aromatic heterocycles. The molecule has 0 saturated carbocycles. The van der Waals surface area contributed by atoms with E-state index in [-0.39, 0.29) is 69.0 Å². The van der Waals surface area contributed by atoms with Crippen LogP contribution in [0.3, 0.4) is 0 Å². The van der Waals surface area contributed by atoms with Gasteiger partial charge in [-0.1, -0.05) is 0 Å². The van der Waals surface area contributed by atoms with Crippen molar-refractivity contribution in [2.75, 3.05) is 147 Å². The number of rotatable bonds is 25. The number of quaternary nitrogens is 1. The summed E-state index contributed by atoms with van der Waals surface area (Å²) in [7, 11) is 5.69. The minimum absolute atomic E-state index is 0.0722. The zero-order chi connectivity index (χ0) is 38.6. The smallest absolute Gasteiger partial charge is 0.361 e. The average molecular weight is 752 g/mol. The molecule has 20 nitrogen and oxygen atoms in total. The summed E-state index contributed by atoms with van der Waals surface area (Å²) in [4.78, 5) is 96.9. The van der Waals surface area contributed by atoms with Crippen molar-refractivity contribution in [3.8, 4) is 0 Å². The Balaban J connectivity index is 2.81. The predicted octanol–water partition coefficient (Wildman–Crippen LogP) is -2.88. The first-order chi connectivity index (χ1) is 24.9. The number of hydrogen-bond donors (Lipinski definition) is 2. The fourth-order valence-corrected chi connectivity index (χ4v) is 5.22. The van der Waals surface area contributed by atoms with Gasteiger partial charge in [-0.15, -0.1) is 0 Å². The number of primary amides is 1. The highest BCUT2D eigenvalue weighted by molar-refractivity contribution is 5.76. The molecule has 1 unspecified atom stereocenters. The average Bonchev–Trinajstić information content (AvgIpc) is 3.10. The third-order valence-electron chi connectivity index (χ3n) is 8.21. The number of methoxy groups -OCH3 is 1. The van der Waals surface area contributed by atoms with Crippen LogP contribution in [0.2, 0.25) is 0 Å². The summed E-state index contributed by atoms with van der Waals surface area (Å²) >= 11 is 0. The normalized spacial score (nSPS) is 16.8. The van der Waals surface area contributed by atoms with Gasteiger partial charge in [0.15, 0.2) is 6.54 Å². The van der Waals surface area contributed by atoms with Crippen LogP contribution in [0.5, 0.6) is 0 Å². The summed E-state index contributed by atoms with van der Waals surface area (Å²) in [6.07, 6.45) is 1.26. The number of ether oxygens (including phenoxy) is 4. The maximum Gasteiger partial charge on any atom is 0.361 e. The molecule has 1 aliphatic heterocycles. The van der Waals surface area contributed by atoms with Gasteiger partial charge in [0.1, 0.15) is 19.4 Å². The fraction of sp³-hybridized carbons (Fsp3) is 0.812. The maximum absolute atomic E-state index is 12.6. The second kappa shape index (κ2) is 28.2. The molecule has 1 saturated heterocycles. The number of amides is 2. The van der Waals surface area contributed by atoms with Crippen LogP contribution in [0, 0.1) is 0 Å². The number of nitrogens with zero attached hydrogens (tertiary/aromatic N) is 4. The zero-order valence-corrected chi connectivity index (χ0v) is 31.1. The molecule has 1 atom stereocenters. The summed E-state index contributed by atoms with van der Waals surface area (Å²) in [6, 6.07) is -0.636. The zero-order valence-electron chi connectivity index (χ0n) is 31.1. The number of nitrogens with one attached hydrogen (secondary N) is 1. The van der Waals surface area contributed by atoms with Gasteiger partial charge in [-0.25, -0.2) is 14.4 Å². The van der Waals surface area contributed by atoms with E-state index in [1.54, 1.807) is 0 Å². The van der Waals surface area contributed by atoms with Gasteiger partial charge in [0.25, 0.3) is 0 Å². The monoisotopic (exact) mass is 751 g/mol. The Morgan fingerprint density at radius 1 is 0.731 bits per heavy atom. The van der Waals surface area contributed by atoms with Gasteiger partial charge >= 0.3 is 17.9 Å². The van der Waals surface area contributed by atoms with Gasteiger partial charge in [0, 0.05) is 58.7 Å². The Morgan fingerprint density at radius 2 is 1.25 bits per heavy atom. The van der Waals surface area contributed by atoms with Crippen molar-refractivity contribution in [3.63, 3.8) is 0 Å². The molecule has 52 heavy (non-hydrogen) atoms. The number of nitrogens with two attached hydrogens (primary N) is 1. The van der Waals surface area contributed by atoms with Crippen LogP contribution in [-0.4, -0.2) is 208 Å². The topological polar surface area (TPSA) is 224 Å². The second-order valence-electron chi connectivity index (χ2n) is 12.3. The number of hydrogen-bond acceptors (Lipinski definition) is 17. The molecule has 0 spiro atoms. The molecule has 300 valence electrons. The summed E-state index contributed by atoms with van der Waals surface area (Å²) in [5, 5.41) is 2.79. The van der Waals surface area contributed by atoms with Gasteiger partial charge < -0.3 is 39.3 Å². The van der Waals surface area contributed by atoms with Gasteiger partial charge in [0.05, 0.1) is 87.1 Å². The Bertz CT molecular complexity index is 1030. The van der Waals surface area contributed by atoms with Crippen LogP contribution < -0.4 is 11.1 Å². The molecule has 0 aromatic rings. The van der Waals surface area contributed by atoms with Crippen molar-refractivity contribution in [3.05, 3.63) is 0 Å². The van der Waals surface area contributed by atoms with E-state index in [1.165, 1.54) is 21.3 Å².